The van der Waals surface area contributed by atoms with Crippen LogP contribution in [0.25, 0.3) is 5.57 Å². The number of rotatable bonds is 3. The molecule has 152 valence electrons. The number of aromatic nitrogens is 1. The Balaban J connectivity index is 1.60. The Hall–Kier alpha value is -3.59. The van der Waals surface area contributed by atoms with Crippen LogP contribution >= 0.6 is 11.3 Å². The van der Waals surface area contributed by atoms with E-state index in [1.54, 1.807) is 37.0 Å². The highest BCUT2D eigenvalue weighted by atomic mass is 32.1. The molecule has 1 aromatic heterocycles. The van der Waals surface area contributed by atoms with Gasteiger partial charge in [0.05, 0.1) is 19.8 Å². The second kappa shape index (κ2) is 7.03. The van der Waals surface area contributed by atoms with Gasteiger partial charge in [-0.25, -0.2) is 4.99 Å². The quantitative estimate of drug-likeness (QED) is 0.684. The van der Waals surface area contributed by atoms with E-state index >= 15 is 0 Å². The molecule has 0 bridgehead atoms. The number of carbonyl (C=O) groups excluding carboxylic acids is 1. The molecule has 0 spiro atoms. The summed E-state index contributed by atoms with van der Waals surface area (Å²) in [6.07, 6.45) is 0. The number of thiazole rings is 1. The van der Waals surface area contributed by atoms with E-state index in [2.05, 4.69) is 10.3 Å². The Morgan fingerprint density at radius 1 is 1.03 bits per heavy atom. The third-order valence-electron chi connectivity index (χ3n) is 5.19. The molecule has 5 rings (SSSR count). The summed E-state index contributed by atoms with van der Waals surface area (Å²) in [6, 6.07) is 12.9. The summed E-state index contributed by atoms with van der Waals surface area (Å²) in [5.41, 5.74) is 2.42. The molecule has 2 aromatic carbocycles. The Morgan fingerprint density at radius 3 is 2.50 bits per heavy atom. The Morgan fingerprint density at radius 2 is 1.77 bits per heavy atom. The van der Waals surface area contributed by atoms with Crippen molar-refractivity contribution in [2.75, 3.05) is 31.1 Å². The van der Waals surface area contributed by atoms with Crippen molar-refractivity contribution in [2.45, 2.75) is 6.67 Å². The highest BCUT2D eigenvalue weighted by molar-refractivity contribution is 7.07. The topological polar surface area (TPSA) is 85.2 Å². The summed E-state index contributed by atoms with van der Waals surface area (Å²) in [7, 11) is 3.19. The summed E-state index contributed by atoms with van der Waals surface area (Å²) in [4.78, 5) is 33.0. The first-order chi connectivity index (χ1) is 14.6. The molecule has 0 saturated heterocycles. The van der Waals surface area contributed by atoms with Gasteiger partial charge in [-0.3, -0.25) is 14.2 Å². The van der Waals surface area contributed by atoms with E-state index < -0.39 is 0 Å². The molecule has 0 atom stereocenters. The maximum atomic E-state index is 13.2. The molecule has 2 aliphatic rings. The number of hydrogen-bond acceptors (Lipinski definition) is 7. The minimum atomic E-state index is -0.290. The van der Waals surface area contributed by atoms with Crippen molar-refractivity contribution >= 4 is 34.2 Å². The maximum Gasteiger partial charge on any atom is 0.272 e. The molecule has 1 N–H and O–H groups in total. The highest BCUT2D eigenvalue weighted by Gasteiger charge is 2.28. The zero-order valence-corrected chi connectivity index (χ0v) is 17.2. The number of amides is 1. The average Bonchev–Trinajstić information content (AvgIpc) is 3.28. The van der Waals surface area contributed by atoms with Crippen LogP contribution in [0.1, 0.15) is 5.56 Å². The second-order valence-corrected chi connectivity index (χ2v) is 7.84. The van der Waals surface area contributed by atoms with Gasteiger partial charge >= 0.3 is 0 Å². The molecule has 9 heteroatoms. The van der Waals surface area contributed by atoms with Crippen molar-refractivity contribution in [3.63, 3.8) is 0 Å². The predicted molar refractivity (Wildman–Crippen MR) is 114 cm³/mol. The number of nitrogens with zero attached hydrogens (tertiary/aromatic N) is 3. The van der Waals surface area contributed by atoms with Gasteiger partial charge in [-0.2, -0.15) is 0 Å². The highest BCUT2D eigenvalue weighted by Crippen LogP contribution is 2.33. The molecule has 3 aromatic rings. The normalized spacial score (nSPS) is 16.5. The number of nitrogens with one attached hydrogen (secondary N) is 1. The zero-order chi connectivity index (χ0) is 20.8. The van der Waals surface area contributed by atoms with Crippen molar-refractivity contribution in [2.24, 2.45) is 4.99 Å². The lowest BCUT2D eigenvalue weighted by atomic mass is 10.1. The van der Waals surface area contributed by atoms with Crippen LogP contribution in [0.3, 0.4) is 0 Å². The first kappa shape index (κ1) is 18.4. The molecule has 0 aliphatic carbocycles. The van der Waals surface area contributed by atoms with Gasteiger partial charge in [0.15, 0.2) is 4.80 Å². The molecule has 3 heterocycles. The second-order valence-electron chi connectivity index (χ2n) is 6.87. The molecule has 8 nitrogen and oxygen atoms in total. The number of benzene rings is 2. The largest absolute Gasteiger partial charge is 0.497 e. The first-order valence-electron chi connectivity index (χ1n) is 9.26. The van der Waals surface area contributed by atoms with Crippen molar-refractivity contribution in [1.82, 2.24) is 4.57 Å². The number of hydrogen-bond donors (Lipinski definition) is 1. The molecular formula is C21H18N4O4S. The van der Waals surface area contributed by atoms with E-state index in [0.29, 0.717) is 45.2 Å². The lowest BCUT2D eigenvalue weighted by Crippen LogP contribution is -2.43. The number of methoxy groups -OCH3 is 2. The molecule has 0 unspecified atom stereocenters. The number of anilines is 2. The van der Waals surface area contributed by atoms with E-state index in [0.717, 1.165) is 11.4 Å². The van der Waals surface area contributed by atoms with Gasteiger partial charge in [0.25, 0.3) is 11.5 Å². The maximum absolute atomic E-state index is 13.2. The van der Waals surface area contributed by atoms with Crippen LogP contribution in [0, 0.1) is 0 Å². The van der Waals surface area contributed by atoms with E-state index in [-0.39, 0.29) is 11.5 Å². The minimum absolute atomic E-state index is 0.224. The SMILES string of the molecule is COc1ccc(N2CN=c3sc(=C4C(=O)Nc5ccc(OC)cc54)c(=O)n3C2)cc1. The fourth-order valence-corrected chi connectivity index (χ4v) is 4.67. The van der Waals surface area contributed by atoms with Gasteiger partial charge in [-0.1, -0.05) is 11.3 Å². The van der Waals surface area contributed by atoms with Crippen LogP contribution in [0.5, 0.6) is 11.5 Å². The third kappa shape index (κ3) is 2.86. The van der Waals surface area contributed by atoms with Crippen LogP contribution in [-0.4, -0.2) is 31.4 Å². The van der Waals surface area contributed by atoms with Crippen LogP contribution in [-0.2, 0) is 11.5 Å². The monoisotopic (exact) mass is 422 g/mol. The molecule has 2 aliphatic heterocycles. The Bertz CT molecular complexity index is 1340. The van der Waals surface area contributed by atoms with Crippen LogP contribution < -0.4 is 34.6 Å². The summed E-state index contributed by atoms with van der Waals surface area (Å²) in [5, 5.41) is 2.82. The van der Waals surface area contributed by atoms with E-state index in [1.807, 2.05) is 29.2 Å². The third-order valence-corrected chi connectivity index (χ3v) is 6.30. The standard InChI is InChI=1S/C21H18N4O4S/c1-28-13-5-3-12(4-6-13)24-10-22-21-25(11-24)20(27)18(30-21)17-15-9-14(29-2)7-8-16(15)23-19(17)26/h3-9H,10-11H2,1-2H3,(H,23,26). The zero-order valence-electron chi connectivity index (χ0n) is 16.3. The van der Waals surface area contributed by atoms with E-state index in [4.69, 9.17) is 9.47 Å². The van der Waals surface area contributed by atoms with Crippen molar-refractivity contribution in [3.8, 4) is 11.5 Å². The molecule has 1 amide bonds. The van der Waals surface area contributed by atoms with Crippen molar-refractivity contribution < 1.29 is 14.3 Å². The summed E-state index contributed by atoms with van der Waals surface area (Å²) >= 11 is 1.24. The van der Waals surface area contributed by atoms with Gasteiger partial charge < -0.3 is 19.7 Å². The van der Waals surface area contributed by atoms with E-state index in [9.17, 15) is 9.59 Å². The number of carbonyl (C=O) groups is 1. The van der Waals surface area contributed by atoms with Gasteiger partial charge in [0, 0.05) is 16.9 Å². The number of ether oxygens (including phenoxy) is 2. The smallest absolute Gasteiger partial charge is 0.272 e. The minimum Gasteiger partial charge on any atom is -0.497 e. The lowest BCUT2D eigenvalue weighted by Gasteiger charge is -2.25. The Labute approximate surface area is 175 Å². The summed E-state index contributed by atoms with van der Waals surface area (Å²) in [6.45, 7) is 0.790. The summed E-state index contributed by atoms with van der Waals surface area (Å²) in [5.74, 6) is 1.10. The van der Waals surface area contributed by atoms with Crippen LogP contribution in [0.2, 0.25) is 0 Å². The van der Waals surface area contributed by atoms with Crippen LogP contribution in [0.15, 0.2) is 52.3 Å². The fraction of sp³-hybridized carbons (Fsp3) is 0.190. The number of fused-ring (bicyclic) bond motifs is 2. The van der Waals surface area contributed by atoms with Gasteiger partial charge in [-0.15, -0.1) is 0 Å². The summed E-state index contributed by atoms with van der Waals surface area (Å²) < 4.78 is 12.5. The molecule has 0 saturated carbocycles. The Kier molecular flexibility index (Phi) is 4.32. The molecule has 0 radical (unpaired) electrons. The fourth-order valence-electron chi connectivity index (χ4n) is 3.62. The van der Waals surface area contributed by atoms with Gasteiger partial charge in [-0.05, 0) is 42.5 Å². The molecule has 0 fully saturated rings. The first-order valence-corrected chi connectivity index (χ1v) is 10.1. The van der Waals surface area contributed by atoms with Gasteiger partial charge in [0.2, 0.25) is 0 Å². The lowest BCUT2D eigenvalue weighted by molar-refractivity contribution is -0.110. The van der Waals surface area contributed by atoms with Crippen LogP contribution in [0.4, 0.5) is 11.4 Å². The average molecular weight is 422 g/mol. The van der Waals surface area contributed by atoms with Gasteiger partial charge in [0.1, 0.15) is 29.4 Å². The predicted octanol–water partition coefficient (Wildman–Crippen LogP) is 1.13. The van der Waals surface area contributed by atoms with E-state index in [1.165, 1.54) is 11.3 Å². The molecular weight excluding hydrogens is 404 g/mol. The molecule has 30 heavy (non-hydrogen) atoms. The van der Waals surface area contributed by atoms with Crippen molar-refractivity contribution in [1.29, 1.82) is 0 Å². The van der Waals surface area contributed by atoms with Crippen molar-refractivity contribution in [3.05, 3.63) is 67.7 Å².